The summed E-state index contributed by atoms with van der Waals surface area (Å²) in [7, 11) is 0. The van der Waals surface area contributed by atoms with Gasteiger partial charge in [-0.15, -0.1) is 0 Å². The number of hydrogen-bond acceptors (Lipinski definition) is 5. The summed E-state index contributed by atoms with van der Waals surface area (Å²) in [6.07, 6.45) is -0.305. The zero-order chi connectivity index (χ0) is 15.9. The molecule has 1 fully saturated rings. The second kappa shape index (κ2) is 8.12. The molecule has 1 saturated heterocycles. The minimum atomic E-state index is -0.483. The molecule has 0 aliphatic carbocycles. The van der Waals surface area contributed by atoms with E-state index in [9.17, 15) is 9.90 Å². The van der Waals surface area contributed by atoms with Crippen molar-refractivity contribution in [1.29, 1.82) is 0 Å². The number of aliphatic hydroxyl groups is 1. The van der Waals surface area contributed by atoms with Gasteiger partial charge < -0.3 is 15.6 Å². The molecule has 0 radical (unpaired) electrons. The van der Waals surface area contributed by atoms with Crippen LogP contribution in [0.1, 0.15) is 12.5 Å². The molecule has 2 rings (SSSR count). The summed E-state index contributed by atoms with van der Waals surface area (Å²) in [6.45, 7) is 7.14. The Labute approximate surface area is 131 Å². The molecule has 1 aromatic carbocycles. The number of rotatable bonds is 6. The van der Waals surface area contributed by atoms with Crippen molar-refractivity contribution < 1.29 is 14.6 Å². The normalized spacial score (nSPS) is 20.5. The highest BCUT2D eigenvalue weighted by Gasteiger charge is 2.20. The summed E-state index contributed by atoms with van der Waals surface area (Å²) in [5, 5.41) is 10.1. The van der Waals surface area contributed by atoms with Crippen LogP contribution in [0, 0.1) is 0 Å². The first-order chi connectivity index (χ1) is 10.6. The minimum absolute atomic E-state index is 0.107. The Morgan fingerprint density at radius 1 is 1.27 bits per heavy atom. The van der Waals surface area contributed by atoms with Crippen LogP contribution in [0.2, 0.25) is 0 Å². The van der Waals surface area contributed by atoms with Crippen LogP contribution in [0.15, 0.2) is 24.3 Å². The molecule has 1 atom stereocenters. The van der Waals surface area contributed by atoms with Gasteiger partial charge in [0.25, 0.3) is 5.91 Å². The van der Waals surface area contributed by atoms with Crippen LogP contribution >= 0.6 is 0 Å². The van der Waals surface area contributed by atoms with Gasteiger partial charge in [0.15, 0.2) is 6.61 Å². The third kappa shape index (κ3) is 5.29. The molecule has 1 heterocycles. The van der Waals surface area contributed by atoms with Gasteiger partial charge in [-0.1, -0.05) is 19.1 Å². The zero-order valence-electron chi connectivity index (χ0n) is 13.1. The fraction of sp³-hybridized carbons (Fsp3) is 0.562. The number of carbonyl (C=O) groups is 1. The maximum Gasteiger partial charge on any atom is 0.255 e. The number of hydrogen-bond donors (Lipinski definition) is 2. The Balaban J connectivity index is 1.88. The van der Waals surface area contributed by atoms with Crippen molar-refractivity contribution in [2.24, 2.45) is 5.73 Å². The standard InChI is InChI=1S/C16H25N3O3/c1-2-18-7-8-19(11-14(20)10-18)9-13-3-5-15(6-4-13)22-12-16(17)21/h3-6,14,20H,2,7-12H2,1H3,(H2,17,21)/t14-/m0/s1. The predicted octanol–water partition coefficient (Wildman–Crippen LogP) is 0.0491. The van der Waals surface area contributed by atoms with Gasteiger partial charge in [-0.3, -0.25) is 14.6 Å². The number of benzene rings is 1. The highest BCUT2D eigenvalue weighted by molar-refractivity contribution is 5.75. The van der Waals surface area contributed by atoms with Crippen molar-refractivity contribution in [3.8, 4) is 5.75 Å². The van der Waals surface area contributed by atoms with Gasteiger partial charge in [0.05, 0.1) is 6.10 Å². The van der Waals surface area contributed by atoms with E-state index in [1.165, 1.54) is 0 Å². The molecular formula is C16H25N3O3. The molecule has 1 aliphatic rings. The SMILES string of the molecule is CCN1CCN(Cc2ccc(OCC(N)=O)cc2)C[C@@H](O)C1. The van der Waals surface area contributed by atoms with Crippen LogP contribution in [0.5, 0.6) is 5.75 Å². The Hall–Kier alpha value is -1.63. The highest BCUT2D eigenvalue weighted by Crippen LogP contribution is 2.15. The molecule has 0 unspecified atom stereocenters. The number of likely N-dealkylation sites (N-methyl/N-ethyl adjacent to an activating group) is 1. The number of ether oxygens (including phenoxy) is 1. The molecule has 6 nitrogen and oxygen atoms in total. The van der Waals surface area contributed by atoms with E-state index in [0.717, 1.165) is 38.3 Å². The number of β-amino-alcohol motifs (C(OH)–C–C–N with tert-alkyl or cyclic N) is 1. The number of carbonyl (C=O) groups excluding carboxylic acids is 1. The van der Waals surface area contributed by atoms with Crippen LogP contribution in [-0.4, -0.2) is 66.2 Å². The largest absolute Gasteiger partial charge is 0.484 e. The fourth-order valence-corrected chi connectivity index (χ4v) is 2.65. The lowest BCUT2D eigenvalue weighted by Crippen LogP contribution is -2.33. The van der Waals surface area contributed by atoms with Crippen LogP contribution < -0.4 is 10.5 Å². The van der Waals surface area contributed by atoms with Crippen molar-refractivity contribution in [2.75, 3.05) is 39.3 Å². The van der Waals surface area contributed by atoms with Gasteiger partial charge in [0.1, 0.15) is 5.75 Å². The van der Waals surface area contributed by atoms with Crippen molar-refractivity contribution in [1.82, 2.24) is 9.80 Å². The molecule has 1 amide bonds. The van der Waals surface area contributed by atoms with Gasteiger partial charge in [0.2, 0.25) is 0 Å². The first-order valence-electron chi connectivity index (χ1n) is 7.69. The van der Waals surface area contributed by atoms with E-state index in [0.29, 0.717) is 12.3 Å². The van der Waals surface area contributed by atoms with Crippen LogP contribution in [0.3, 0.4) is 0 Å². The topological polar surface area (TPSA) is 79.0 Å². The van der Waals surface area contributed by atoms with Crippen molar-refractivity contribution in [3.63, 3.8) is 0 Å². The van der Waals surface area contributed by atoms with E-state index in [2.05, 4.69) is 16.7 Å². The Morgan fingerprint density at radius 2 is 1.91 bits per heavy atom. The lowest BCUT2D eigenvalue weighted by molar-refractivity contribution is -0.119. The summed E-state index contributed by atoms with van der Waals surface area (Å²) in [4.78, 5) is 15.2. The summed E-state index contributed by atoms with van der Waals surface area (Å²) in [6, 6.07) is 7.63. The van der Waals surface area contributed by atoms with E-state index in [1.807, 2.05) is 24.3 Å². The van der Waals surface area contributed by atoms with Crippen molar-refractivity contribution in [3.05, 3.63) is 29.8 Å². The maximum absolute atomic E-state index is 10.7. The molecule has 3 N–H and O–H groups in total. The maximum atomic E-state index is 10.7. The molecule has 0 bridgehead atoms. The second-order valence-electron chi connectivity index (χ2n) is 5.68. The Morgan fingerprint density at radius 3 is 2.55 bits per heavy atom. The molecule has 1 aliphatic heterocycles. The number of aliphatic hydroxyl groups excluding tert-OH is 1. The van der Waals surface area contributed by atoms with Crippen molar-refractivity contribution in [2.45, 2.75) is 19.6 Å². The lowest BCUT2D eigenvalue weighted by Gasteiger charge is -2.21. The number of nitrogens with two attached hydrogens (primary N) is 1. The Kier molecular flexibility index (Phi) is 6.18. The highest BCUT2D eigenvalue weighted by atomic mass is 16.5. The zero-order valence-corrected chi connectivity index (χ0v) is 13.1. The summed E-state index contributed by atoms with van der Waals surface area (Å²) in [5.74, 6) is 0.152. The molecule has 0 spiro atoms. The van der Waals surface area contributed by atoms with E-state index in [4.69, 9.17) is 10.5 Å². The molecular weight excluding hydrogens is 282 g/mol. The molecule has 0 aromatic heterocycles. The van der Waals surface area contributed by atoms with Gasteiger partial charge in [-0.2, -0.15) is 0 Å². The third-order valence-electron chi connectivity index (χ3n) is 3.83. The fourth-order valence-electron chi connectivity index (χ4n) is 2.65. The first kappa shape index (κ1) is 16.7. The van der Waals surface area contributed by atoms with Crippen LogP contribution in [-0.2, 0) is 11.3 Å². The van der Waals surface area contributed by atoms with Gasteiger partial charge in [-0.25, -0.2) is 0 Å². The minimum Gasteiger partial charge on any atom is -0.484 e. The molecule has 22 heavy (non-hydrogen) atoms. The smallest absolute Gasteiger partial charge is 0.255 e. The second-order valence-corrected chi connectivity index (χ2v) is 5.68. The number of nitrogens with zero attached hydrogens (tertiary/aromatic N) is 2. The van der Waals surface area contributed by atoms with Gasteiger partial charge >= 0.3 is 0 Å². The average molecular weight is 307 g/mol. The molecule has 122 valence electrons. The quantitative estimate of drug-likeness (QED) is 0.776. The monoisotopic (exact) mass is 307 g/mol. The average Bonchev–Trinajstić information content (AvgIpc) is 2.67. The van der Waals surface area contributed by atoms with E-state index in [1.54, 1.807) is 0 Å². The van der Waals surface area contributed by atoms with Crippen LogP contribution in [0.25, 0.3) is 0 Å². The molecule has 6 heteroatoms. The number of primary amides is 1. The molecule has 1 aromatic rings. The van der Waals surface area contributed by atoms with E-state index in [-0.39, 0.29) is 12.7 Å². The number of amides is 1. The summed E-state index contributed by atoms with van der Waals surface area (Å²) >= 11 is 0. The third-order valence-corrected chi connectivity index (χ3v) is 3.83. The summed E-state index contributed by atoms with van der Waals surface area (Å²) in [5.41, 5.74) is 6.20. The van der Waals surface area contributed by atoms with Crippen molar-refractivity contribution >= 4 is 5.91 Å². The lowest BCUT2D eigenvalue weighted by atomic mass is 10.2. The van der Waals surface area contributed by atoms with Crippen LogP contribution in [0.4, 0.5) is 0 Å². The van der Waals surface area contributed by atoms with E-state index >= 15 is 0 Å². The first-order valence-corrected chi connectivity index (χ1v) is 7.69. The Bertz CT molecular complexity index is 478. The van der Waals surface area contributed by atoms with E-state index < -0.39 is 5.91 Å². The molecule has 0 saturated carbocycles. The van der Waals surface area contributed by atoms with Gasteiger partial charge in [-0.05, 0) is 24.2 Å². The van der Waals surface area contributed by atoms with Gasteiger partial charge in [0, 0.05) is 32.7 Å². The predicted molar refractivity (Wildman–Crippen MR) is 84.5 cm³/mol. The summed E-state index contributed by atoms with van der Waals surface area (Å²) < 4.78 is 5.24.